The molecule has 0 aromatic carbocycles. The molecule has 0 radical (unpaired) electrons. The molecular formula is C13H15N2O+. The van der Waals surface area contributed by atoms with Gasteiger partial charge in [-0.1, -0.05) is 0 Å². The van der Waals surface area contributed by atoms with Gasteiger partial charge in [-0.2, -0.15) is 0 Å². The number of ether oxygens (including phenoxy) is 1. The molecule has 82 valence electrons. The predicted octanol–water partition coefficient (Wildman–Crippen LogP) is 1.73. The Kier molecular flexibility index (Phi) is 3.15. The van der Waals surface area contributed by atoms with Crippen LogP contribution in [0.15, 0.2) is 43.0 Å². The highest BCUT2D eigenvalue weighted by atomic mass is 16.5. The summed E-state index contributed by atoms with van der Waals surface area (Å²) in [6.07, 6.45) is 7.73. The fourth-order valence-electron chi connectivity index (χ4n) is 1.62. The molecule has 2 aromatic heterocycles. The third kappa shape index (κ3) is 2.57. The van der Waals surface area contributed by atoms with E-state index in [1.165, 1.54) is 5.56 Å². The molecule has 2 aromatic rings. The third-order valence-electron chi connectivity index (χ3n) is 2.38. The molecule has 0 atom stereocenters. The van der Waals surface area contributed by atoms with Crippen molar-refractivity contribution in [3.63, 3.8) is 0 Å². The van der Waals surface area contributed by atoms with Gasteiger partial charge in [0, 0.05) is 23.4 Å². The molecule has 0 spiro atoms. The van der Waals surface area contributed by atoms with Crippen molar-refractivity contribution in [3.8, 4) is 5.75 Å². The van der Waals surface area contributed by atoms with Gasteiger partial charge in [0.2, 0.25) is 0 Å². The second kappa shape index (κ2) is 4.75. The van der Waals surface area contributed by atoms with Crippen molar-refractivity contribution in [2.45, 2.75) is 13.5 Å². The van der Waals surface area contributed by atoms with E-state index >= 15 is 0 Å². The topological polar surface area (TPSA) is 26.0 Å². The Balaban J connectivity index is 2.20. The van der Waals surface area contributed by atoms with E-state index in [1.54, 1.807) is 13.3 Å². The SMILES string of the molecule is COc1cncc(C[n+]2cccc(C)c2)c1. The quantitative estimate of drug-likeness (QED) is 0.729. The van der Waals surface area contributed by atoms with Crippen molar-refractivity contribution in [1.29, 1.82) is 0 Å². The number of aromatic nitrogens is 2. The maximum Gasteiger partial charge on any atom is 0.175 e. The summed E-state index contributed by atoms with van der Waals surface area (Å²) in [6, 6.07) is 6.13. The molecule has 0 N–H and O–H groups in total. The second-order valence-electron chi connectivity index (χ2n) is 3.79. The first-order chi connectivity index (χ1) is 7.78. The predicted molar refractivity (Wildman–Crippen MR) is 61.3 cm³/mol. The average molecular weight is 215 g/mol. The standard InChI is InChI=1S/C13H15N2O/c1-11-4-3-5-15(9-11)10-12-6-13(16-2)8-14-7-12/h3-9H,10H2,1-2H3/q+1. The van der Waals surface area contributed by atoms with E-state index in [0.29, 0.717) is 0 Å². The average Bonchev–Trinajstić information content (AvgIpc) is 2.29. The van der Waals surface area contributed by atoms with Gasteiger partial charge in [0.1, 0.15) is 5.75 Å². The largest absolute Gasteiger partial charge is 0.495 e. The minimum Gasteiger partial charge on any atom is -0.495 e. The number of nitrogens with zero attached hydrogens (tertiary/aromatic N) is 2. The van der Waals surface area contributed by atoms with E-state index in [9.17, 15) is 0 Å². The Morgan fingerprint density at radius 2 is 2.25 bits per heavy atom. The Labute approximate surface area is 95.3 Å². The first-order valence-electron chi connectivity index (χ1n) is 5.21. The summed E-state index contributed by atoms with van der Waals surface area (Å²) in [4.78, 5) is 4.14. The van der Waals surface area contributed by atoms with Gasteiger partial charge in [-0.05, 0) is 19.1 Å². The highest BCUT2D eigenvalue weighted by molar-refractivity contribution is 5.22. The van der Waals surface area contributed by atoms with Gasteiger partial charge in [-0.3, -0.25) is 4.98 Å². The molecule has 3 nitrogen and oxygen atoms in total. The lowest BCUT2D eigenvalue weighted by molar-refractivity contribution is -0.688. The molecule has 0 amide bonds. The van der Waals surface area contributed by atoms with E-state index in [-0.39, 0.29) is 0 Å². The summed E-state index contributed by atoms with van der Waals surface area (Å²) in [5.74, 6) is 0.797. The summed E-state index contributed by atoms with van der Waals surface area (Å²) in [7, 11) is 1.65. The molecule has 2 heterocycles. The highest BCUT2D eigenvalue weighted by Crippen LogP contribution is 2.09. The molecule has 0 aliphatic heterocycles. The van der Waals surface area contributed by atoms with Crippen LogP contribution in [0.5, 0.6) is 5.75 Å². The second-order valence-corrected chi connectivity index (χ2v) is 3.79. The first-order valence-corrected chi connectivity index (χ1v) is 5.21. The van der Waals surface area contributed by atoms with Crippen LogP contribution in [0.3, 0.4) is 0 Å². The van der Waals surface area contributed by atoms with Crippen LogP contribution in [0, 0.1) is 6.92 Å². The molecule has 16 heavy (non-hydrogen) atoms. The maximum atomic E-state index is 5.14. The molecule has 3 heteroatoms. The first kappa shape index (κ1) is 10.6. The smallest absolute Gasteiger partial charge is 0.175 e. The summed E-state index contributed by atoms with van der Waals surface area (Å²) in [5, 5.41) is 0. The van der Waals surface area contributed by atoms with Gasteiger partial charge in [0.15, 0.2) is 18.9 Å². The van der Waals surface area contributed by atoms with E-state index in [4.69, 9.17) is 4.74 Å². The number of hydrogen-bond donors (Lipinski definition) is 0. The van der Waals surface area contributed by atoms with Crippen molar-refractivity contribution in [2.75, 3.05) is 7.11 Å². The Morgan fingerprint density at radius 1 is 1.38 bits per heavy atom. The third-order valence-corrected chi connectivity index (χ3v) is 2.38. The summed E-state index contributed by atoms with van der Waals surface area (Å²) in [5.41, 5.74) is 2.38. The molecule has 0 unspecified atom stereocenters. The van der Waals surface area contributed by atoms with Crippen molar-refractivity contribution in [1.82, 2.24) is 4.98 Å². The summed E-state index contributed by atoms with van der Waals surface area (Å²) < 4.78 is 7.28. The highest BCUT2D eigenvalue weighted by Gasteiger charge is 2.04. The molecule has 2 rings (SSSR count). The number of aryl methyl sites for hydroxylation is 1. The van der Waals surface area contributed by atoms with Crippen LogP contribution in [0.1, 0.15) is 11.1 Å². The van der Waals surface area contributed by atoms with E-state index in [1.807, 2.05) is 24.5 Å². The molecule has 0 aliphatic carbocycles. The zero-order valence-corrected chi connectivity index (χ0v) is 9.55. The van der Waals surface area contributed by atoms with Gasteiger partial charge >= 0.3 is 0 Å². The molecular weight excluding hydrogens is 200 g/mol. The molecule has 0 saturated heterocycles. The molecule has 0 bridgehead atoms. The van der Waals surface area contributed by atoms with Crippen molar-refractivity contribution in [2.24, 2.45) is 0 Å². The van der Waals surface area contributed by atoms with Gasteiger partial charge in [-0.15, -0.1) is 0 Å². The number of hydrogen-bond acceptors (Lipinski definition) is 2. The Morgan fingerprint density at radius 3 is 3.00 bits per heavy atom. The molecule has 0 saturated carbocycles. The number of pyridine rings is 2. The fraction of sp³-hybridized carbons (Fsp3) is 0.231. The summed E-state index contributed by atoms with van der Waals surface area (Å²) in [6.45, 7) is 2.90. The van der Waals surface area contributed by atoms with Crippen molar-refractivity contribution in [3.05, 3.63) is 54.1 Å². The van der Waals surface area contributed by atoms with Crippen LogP contribution in [-0.2, 0) is 6.54 Å². The van der Waals surface area contributed by atoms with E-state index in [0.717, 1.165) is 17.9 Å². The Hall–Kier alpha value is -1.90. The van der Waals surface area contributed by atoms with Crippen molar-refractivity contribution < 1.29 is 9.30 Å². The number of methoxy groups -OCH3 is 1. The zero-order valence-electron chi connectivity index (χ0n) is 9.55. The maximum absolute atomic E-state index is 5.14. The van der Waals surface area contributed by atoms with Gasteiger partial charge in [0.05, 0.1) is 13.3 Å². The minimum atomic E-state index is 0.797. The zero-order chi connectivity index (χ0) is 11.4. The lowest BCUT2D eigenvalue weighted by Crippen LogP contribution is -2.33. The van der Waals surface area contributed by atoms with Crippen LogP contribution < -0.4 is 9.30 Å². The number of rotatable bonds is 3. The summed E-state index contributed by atoms with van der Waals surface area (Å²) >= 11 is 0. The molecule has 0 aliphatic rings. The monoisotopic (exact) mass is 215 g/mol. The van der Waals surface area contributed by atoms with Gasteiger partial charge in [0.25, 0.3) is 0 Å². The lowest BCUT2D eigenvalue weighted by atomic mass is 10.2. The van der Waals surface area contributed by atoms with Crippen LogP contribution in [0.25, 0.3) is 0 Å². The fourth-order valence-corrected chi connectivity index (χ4v) is 1.62. The van der Waals surface area contributed by atoms with Crippen LogP contribution in [-0.4, -0.2) is 12.1 Å². The molecule has 0 fully saturated rings. The van der Waals surface area contributed by atoms with Gasteiger partial charge in [-0.25, -0.2) is 4.57 Å². The van der Waals surface area contributed by atoms with Crippen molar-refractivity contribution >= 4 is 0 Å². The van der Waals surface area contributed by atoms with E-state index < -0.39 is 0 Å². The lowest BCUT2D eigenvalue weighted by Gasteiger charge is -2.01. The van der Waals surface area contributed by atoms with E-state index in [2.05, 4.69) is 28.7 Å². The van der Waals surface area contributed by atoms with Crippen LogP contribution in [0.4, 0.5) is 0 Å². The van der Waals surface area contributed by atoms with Gasteiger partial charge < -0.3 is 4.74 Å². The minimum absolute atomic E-state index is 0.797. The normalized spacial score (nSPS) is 10.1. The van der Waals surface area contributed by atoms with Crippen LogP contribution >= 0.6 is 0 Å². The Bertz CT molecular complexity index is 483. The van der Waals surface area contributed by atoms with Crippen LogP contribution in [0.2, 0.25) is 0 Å².